The molecule has 7 nitrogen and oxygen atoms in total. The van der Waals surface area contributed by atoms with E-state index in [1.54, 1.807) is 6.08 Å². The lowest BCUT2D eigenvalue weighted by molar-refractivity contribution is -0.114. The summed E-state index contributed by atoms with van der Waals surface area (Å²) in [7, 11) is 0. The highest BCUT2D eigenvalue weighted by atomic mass is 32.2. The molecule has 1 aromatic heterocycles. The SMILES string of the molecule is Cc1ccc(OCCn2cc(/C=C3\C(=N)N4N=C(C(C)C)SC4=NC3=O)c3ccccc32)c(C)c1. The third-order valence-corrected chi connectivity index (χ3v) is 7.21. The summed E-state index contributed by atoms with van der Waals surface area (Å²) in [5.41, 5.74) is 4.46. The van der Waals surface area contributed by atoms with E-state index in [1.807, 2.05) is 44.3 Å². The fourth-order valence-electron chi connectivity index (χ4n) is 4.19. The predicted octanol–water partition coefficient (Wildman–Crippen LogP) is 5.61. The van der Waals surface area contributed by atoms with Crippen LogP contribution in [0.4, 0.5) is 0 Å². The van der Waals surface area contributed by atoms with Gasteiger partial charge in [0, 0.05) is 28.6 Å². The fraction of sp³-hybridized carbons (Fsp3) is 0.259. The van der Waals surface area contributed by atoms with Crippen LogP contribution in [0, 0.1) is 25.2 Å². The average molecular weight is 486 g/mol. The molecule has 0 unspecified atom stereocenters. The van der Waals surface area contributed by atoms with Crippen LogP contribution in [-0.2, 0) is 11.3 Å². The molecule has 178 valence electrons. The summed E-state index contributed by atoms with van der Waals surface area (Å²) < 4.78 is 8.17. The number of benzene rings is 2. The van der Waals surface area contributed by atoms with Crippen LogP contribution in [0.1, 0.15) is 30.5 Å². The molecule has 0 spiro atoms. The monoisotopic (exact) mass is 485 g/mol. The Bertz CT molecular complexity index is 1450. The first-order valence-electron chi connectivity index (χ1n) is 11.6. The maximum atomic E-state index is 12.8. The number of amidine groups is 2. The summed E-state index contributed by atoms with van der Waals surface area (Å²) in [6, 6.07) is 14.2. The number of hydrogen-bond acceptors (Lipinski definition) is 5. The van der Waals surface area contributed by atoms with E-state index < -0.39 is 5.91 Å². The summed E-state index contributed by atoms with van der Waals surface area (Å²) >= 11 is 1.35. The molecule has 2 aromatic carbocycles. The Morgan fingerprint density at radius 1 is 1.17 bits per heavy atom. The summed E-state index contributed by atoms with van der Waals surface area (Å²) in [5, 5.41) is 16.9. The molecule has 0 fully saturated rings. The van der Waals surface area contributed by atoms with E-state index in [9.17, 15) is 4.79 Å². The summed E-state index contributed by atoms with van der Waals surface area (Å²) in [5.74, 6) is 0.726. The van der Waals surface area contributed by atoms with E-state index in [2.05, 4.69) is 46.7 Å². The molecule has 2 aliphatic heterocycles. The lowest BCUT2D eigenvalue weighted by Gasteiger charge is -2.20. The van der Waals surface area contributed by atoms with Gasteiger partial charge in [-0.25, -0.2) is 0 Å². The number of hydrogen-bond donors (Lipinski definition) is 1. The largest absolute Gasteiger partial charge is 0.491 e. The number of carbonyl (C=O) groups excluding carboxylic acids is 1. The standard InChI is InChI=1S/C27H27N5O2S/c1-16(2)26-30-32-24(28)21(25(33)29-27(32)35-26)14-19-15-31(22-8-6-5-7-20(19)22)11-12-34-23-10-9-17(3)13-18(23)4/h5-10,13-16,28H,11-12H2,1-4H3/b21-14+,28-24?. The van der Waals surface area contributed by atoms with Crippen molar-refractivity contribution in [2.75, 3.05) is 6.61 Å². The van der Waals surface area contributed by atoms with Crippen molar-refractivity contribution >= 4 is 50.7 Å². The Kier molecular flexibility index (Phi) is 6.06. The Balaban J connectivity index is 1.42. The number of rotatable bonds is 6. The second kappa shape index (κ2) is 9.19. The number of nitrogens with zero attached hydrogens (tertiary/aromatic N) is 4. The second-order valence-electron chi connectivity index (χ2n) is 9.03. The zero-order valence-electron chi connectivity index (χ0n) is 20.2. The van der Waals surface area contributed by atoms with Gasteiger partial charge in [-0.3, -0.25) is 10.2 Å². The first kappa shape index (κ1) is 23.1. The highest BCUT2D eigenvalue weighted by Gasteiger charge is 2.36. The third kappa shape index (κ3) is 4.41. The molecule has 35 heavy (non-hydrogen) atoms. The van der Waals surface area contributed by atoms with Crippen molar-refractivity contribution in [3.63, 3.8) is 0 Å². The molecule has 1 amide bonds. The van der Waals surface area contributed by atoms with Gasteiger partial charge in [-0.1, -0.05) is 49.7 Å². The minimum Gasteiger partial charge on any atom is -0.491 e. The van der Waals surface area contributed by atoms with Crippen molar-refractivity contribution in [3.05, 3.63) is 70.9 Å². The first-order chi connectivity index (χ1) is 16.8. The molecule has 0 atom stereocenters. The highest BCUT2D eigenvalue weighted by molar-refractivity contribution is 8.27. The minimum absolute atomic E-state index is 0.0539. The summed E-state index contributed by atoms with van der Waals surface area (Å²) in [6.07, 6.45) is 3.76. The molecular weight excluding hydrogens is 458 g/mol. The van der Waals surface area contributed by atoms with Crippen LogP contribution >= 0.6 is 11.8 Å². The predicted molar refractivity (Wildman–Crippen MR) is 143 cm³/mol. The van der Waals surface area contributed by atoms with Gasteiger partial charge in [0.05, 0.1) is 12.1 Å². The second-order valence-corrected chi connectivity index (χ2v) is 10.0. The minimum atomic E-state index is -0.413. The maximum Gasteiger partial charge on any atom is 0.283 e. The van der Waals surface area contributed by atoms with Gasteiger partial charge in [0.25, 0.3) is 5.91 Å². The number of amides is 1. The van der Waals surface area contributed by atoms with Crippen molar-refractivity contribution in [1.29, 1.82) is 5.41 Å². The molecule has 3 aromatic rings. The molecule has 0 radical (unpaired) electrons. The molecule has 0 saturated heterocycles. The van der Waals surface area contributed by atoms with Crippen LogP contribution in [0.25, 0.3) is 17.0 Å². The molecule has 2 aliphatic rings. The number of thioether (sulfide) groups is 1. The van der Waals surface area contributed by atoms with Crippen molar-refractivity contribution < 1.29 is 9.53 Å². The Hall–Kier alpha value is -3.65. The number of aryl methyl sites for hydroxylation is 2. The fourth-order valence-corrected chi connectivity index (χ4v) is 5.08. The third-order valence-electron chi connectivity index (χ3n) is 6.00. The van der Waals surface area contributed by atoms with Crippen molar-refractivity contribution in [2.24, 2.45) is 16.0 Å². The topological polar surface area (TPSA) is 83.0 Å². The van der Waals surface area contributed by atoms with Gasteiger partial charge in [0.1, 0.15) is 17.4 Å². The molecule has 5 rings (SSSR count). The molecule has 3 heterocycles. The number of hydrazone groups is 1. The van der Waals surface area contributed by atoms with Gasteiger partial charge in [0.15, 0.2) is 5.84 Å². The Morgan fingerprint density at radius 2 is 1.97 bits per heavy atom. The zero-order chi connectivity index (χ0) is 24.7. The van der Waals surface area contributed by atoms with Crippen LogP contribution in [0.3, 0.4) is 0 Å². The van der Waals surface area contributed by atoms with Gasteiger partial charge in [-0.2, -0.15) is 15.1 Å². The lowest BCUT2D eigenvalue weighted by atomic mass is 10.1. The van der Waals surface area contributed by atoms with E-state index in [4.69, 9.17) is 10.1 Å². The number of aliphatic imine (C=N–C) groups is 1. The van der Waals surface area contributed by atoms with Crippen LogP contribution in [0.15, 0.2) is 64.3 Å². The zero-order valence-corrected chi connectivity index (χ0v) is 21.0. The number of aromatic nitrogens is 1. The van der Waals surface area contributed by atoms with Gasteiger partial charge >= 0.3 is 0 Å². The van der Waals surface area contributed by atoms with Gasteiger partial charge in [-0.15, -0.1) is 0 Å². The van der Waals surface area contributed by atoms with Crippen molar-refractivity contribution in [3.8, 4) is 5.75 Å². The molecule has 8 heteroatoms. The smallest absolute Gasteiger partial charge is 0.283 e. The summed E-state index contributed by atoms with van der Waals surface area (Å²) in [6.45, 7) is 9.35. The molecule has 0 bridgehead atoms. The molecule has 0 aliphatic carbocycles. The van der Waals surface area contributed by atoms with E-state index in [0.29, 0.717) is 18.3 Å². The molecular formula is C27H27N5O2S. The van der Waals surface area contributed by atoms with E-state index in [1.165, 1.54) is 22.3 Å². The van der Waals surface area contributed by atoms with Crippen LogP contribution < -0.4 is 4.74 Å². The summed E-state index contributed by atoms with van der Waals surface area (Å²) in [4.78, 5) is 17.0. The Morgan fingerprint density at radius 3 is 2.74 bits per heavy atom. The quantitative estimate of drug-likeness (QED) is 0.460. The number of fused-ring (bicyclic) bond motifs is 2. The average Bonchev–Trinajstić information content (AvgIpc) is 3.40. The van der Waals surface area contributed by atoms with E-state index in [0.717, 1.165) is 32.8 Å². The van der Waals surface area contributed by atoms with Crippen LogP contribution in [-0.4, -0.2) is 38.1 Å². The first-order valence-corrected chi connectivity index (χ1v) is 12.4. The number of carbonyl (C=O) groups is 1. The van der Waals surface area contributed by atoms with Crippen molar-refractivity contribution in [2.45, 2.75) is 34.2 Å². The van der Waals surface area contributed by atoms with Crippen LogP contribution in [0.5, 0.6) is 5.75 Å². The number of ether oxygens (including phenoxy) is 1. The number of para-hydroxylation sites is 1. The van der Waals surface area contributed by atoms with Gasteiger partial charge < -0.3 is 9.30 Å². The normalized spacial score (nSPS) is 16.8. The van der Waals surface area contributed by atoms with E-state index >= 15 is 0 Å². The molecule has 0 saturated carbocycles. The van der Waals surface area contributed by atoms with Crippen molar-refractivity contribution in [1.82, 2.24) is 9.58 Å². The molecule has 1 N–H and O–H groups in total. The Labute approximate surface area is 208 Å². The van der Waals surface area contributed by atoms with Crippen LogP contribution in [0.2, 0.25) is 0 Å². The van der Waals surface area contributed by atoms with E-state index in [-0.39, 0.29) is 17.3 Å². The number of nitrogens with one attached hydrogen (secondary N) is 1. The van der Waals surface area contributed by atoms with Gasteiger partial charge in [-0.05, 0) is 49.4 Å². The lowest BCUT2D eigenvalue weighted by Crippen LogP contribution is -2.35. The maximum absolute atomic E-state index is 12.8. The van der Waals surface area contributed by atoms with Gasteiger partial charge in [0.2, 0.25) is 5.17 Å². The highest BCUT2D eigenvalue weighted by Crippen LogP contribution is 2.32.